The number of halogens is 1. The number of benzene rings is 5. The monoisotopic (exact) mass is 1840 g/mol. The number of aromatic nitrogens is 1. The van der Waals surface area contributed by atoms with Gasteiger partial charge in [0.2, 0.25) is 17.7 Å². The molecule has 2 saturated carbocycles. The Labute approximate surface area is 797 Å². The summed E-state index contributed by atoms with van der Waals surface area (Å²) in [5.41, 5.74) is 4.84. The molecule has 6 aromatic rings. The smallest absolute Gasteiger partial charge is 0.272 e. The van der Waals surface area contributed by atoms with E-state index in [0.29, 0.717) is 171 Å². The maximum absolute atomic E-state index is 14.6. The number of piperazine rings is 4. The summed E-state index contributed by atoms with van der Waals surface area (Å²) < 4.78 is 37.9. The van der Waals surface area contributed by atoms with E-state index in [4.69, 9.17) is 18.9 Å². The van der Waals surface area contributed by atoms with E-state index in [1.54, 1.807) is 18.2 Å². The van der Waals surface area contributed by atoms with Gasteiger partial charge in [0.25, 0.3) is 5.91 Å². The lowest BCUT2D eigenvalue weighted by atomic mass is 9.88. The number of Topliss-reactive ketones (excluding diaryl/α,β-unsaturated/α-hetero) is 4. The van der Waals surface area contributed by atoms with E-state index in [1.807, 2.05) is 131 Å². The molecule has 0 N–H and O–H groups in total. The van der Waals surface area contributed by atoms with Gasteiger partial charge < -0.3 is 58.1 Å². The molecule has 4 atom stereocenters. The first-order valence-electron chi connectivity index (χ1n) is 51.3. The van der Waals surface area contributed by atoms with E-state index in [2.05, 4.69) is 71.9 Å². The largest absolute Gasteiger partial charge is 0.494 e. The topological polar surface area (TPSA) is 225 Å². The summed E-state index contributed by atoms with van der Waals surface area (Å²) in [6.45, 7) is 37.2. The quantitative estimate of drug-likeness (QED) is 0.0263. The minimum absolute atomic E-state index is 0.0535. The molecule has 730 valence electrons. The van der Waals surface area contributed by atoms with Gasteiger partial charge >= 0.3 is 0 Å². The van der Waals surface area contributed by atoms with Gasteiger partial charge in [-0.05, 0) is 266 Å². The van der Waals surface area contributed by atoms with Crippen LogP contribution in [0.2, 0.25) is 0 Å². The average Bonchev–Trinajstić information content (AvgIpc) is 0.891. The number of pyridine rings is 1. The SMILES string of the molecule is CCC(=O)N1CCN(CC(=O)c2ccc(OCCCN3CCC[C@H]3C)cc2)CC1.C[C@@H]1CCCN1CCCOc1ccc(C(=O)CN2CCN(C(=O)C3CCCCC3)CC2)cc1F.C[C@@H]1CCCN1CCCOc1ccc(C(=O)CN2CCN(C(=O)c3ccc4ccccc4n3)CC2)cc1.Cc1cc(C(=O)CN2CCN(C(=O)C3CCCCC3)CC2)ccc1OCCCN1CCC[C@H]1C. The van der Waals surface area contributed by atoms with Crippen molar-refractivity contribution in [2.75, 3.05) is 210 Å². The van der Waals surface area contributed by atoms with Crippen LogP contribution in [0.3, 0.4) is 0 Å². The van der Waals surface area contributed by atoms with Crippen LogP contribution in [0.4, 0.5) is 4.39 Å². The van der Waals surface area contributed by atoms with Crippen molar-refractivity contribution in [2.24, 2.45) is 11.8 Å². The van der Waals surface area contributed by atoms with Gasteiger partial charge in [-0.15, -0.1) is 0 Å². The highest BCUT2D eigenvalue weighted by molar-refractivity contribution is 6.00. The first-order chi connectivity index (χ1) is 65.1. The number of carbonyl (C=O) groups excluding carboxylic acids is 8. The fraction of sp³-hybridized carbons (Fsp3) is 0.620. The molecular weight excluding hydrogens is 1690 g/mol. The number of nitrogens with zero attached hydrogens (tertiary/aromatic N) is 13. The predicted octanol–water partition coefficient (Wildman–Crippen LogP) is 14.9. The molecule has 1 aromatic heterocycles. The summed E-state index contributed by atoms with van der Waals surface area (Å²) in [4.78, 5) is 132. The van der Waals surface area contributed by atoms with Crippen molar-refractivity contribution in [3.8, 4) is 23.0 Å². The third-order valence-electron chi connectivity index (χ3n) is 29.5. The molecule has 0 unspecified atom stereocenters. The van der Waals surface area contributed by atoms with Crippen molar-refractivity contribution in [1.29, 1.82) is 0 Å². The molecule has 0 spiro atoms. The number of hydrogen-bond donors (Lipinski definition) is 0. The Hall–Kier alpha value is -9.12. The number of hydrogen-bond acceptors (Lipinski definition) is 21. The lowest BCUT2D eigenvalue weighted by Crippen LogP contribution is -2.51. The molecule has 0 bridgehead atoms. The standard InChI is InChI=1S/C30H36N4O3.C28H43N3O3.C27H40FN3O3.C23H35N3O3/c1-23-6-4-15-33(23)16-5-21-37-26-12-9-25(10-13-26)29(35)22-32-17-19-34(20-18-32)30(36)28-14-11-24-7-2-3-8-27(24)31-28;1-22-20-25(11-12-27(22)34-19-7-14-30-13-6-8-23(30)2)26(32)21-29-15-17-31(18-16-29)28(33)24-9-4-3-5-10-24;1-21-7-5-12-30(21)13-6-18-34-26-11-10-23(19-24(26)28)25(32)20-29-14-16-31(17-15-29)27(33)22-8-3-2-4-9-22;1-3-23(28)26-15-13-24(14-16-26)18-22(27)20-7-9-21(10-8-20)29-17-5-12-25-11-4-6-19(25)2/h2-3,7-14,23H,4-6,15-22H2,1H3;11-12,20,23-24H,3-10,13-19,21H2,1-2H3;10-11,19,21-22H,2-9,12-18,20H2,1H3;7-10,19H,3-6,11-18H2,1-2H3/t2*23-;21-;19-/m1111/s1. The van der Waals surface area contributed by atoms with Crippen molar-refractivity contribution < 1.29 is 61.7 Å². The second-order valence-corrected chi connectivity index (χ2v) is 39.1. The Morgan fingerprint density at radius 3 is 1.08 bits per heavy atom. The molecule has 8 saturated heterocycles. The zero-order valence-corrected chi connectivity index (χ0v) is 81.5. The fourth-order valence-electron chi connectivity index (χ4n) is 20.8. The Kier molecular flexibility index (Phi) is 40.4. The third kappa shape index (κ3) is 30.9. The van der Waals surface area contributed by atoms with Crippen LogP contribution in [0.5, 0.6) is 23.0 Å². The molecule has 4 amide bonds. The number of aryl methyl sites for hydroxylation is 1. The zero-order chi connectivity index (χ0) is 94.1. The maximum Gasteiger partial charge on any atom is 0.272 e. The summed E-state index contributed by atoms with van der Waals surface area (Å²) in [7, 11) is 0. The second-order valence-electron chi connectivity index (χ2n) is 39.1. The number of carbonyl (C=O) groups is 8. The first-order valence-corrected chi connectivity index (χ1v) is 51.3. The van der Waals surface area contributed by atoms with Crippen molar-refractivity contribution in [3.63, 3.8) is 0 Å². The fourth-order valence-corrected chi connectivity index (χ4v) is 20.8. The average molecular weight is 1850 g/mol. The van der Waals surface area contributed by atoms with E-state index < -0.39 is 5.82 Å². The number of amides is 4. The second kappa shape index (κ2) is 53.0. The molecule has 16 rings (SSSR count). The molecule has 0 radical (unpaired) electrons. The van der Waals surface area contributed by atoms with Gasteiger partial charge in [0.15, 0.2) is 34.7 Å². The van der Waals surface area contributed by atoms with Crippen LogP contribution < -0.4 is 18.9 Å². The van der Waals surface area contributed by atoms with E-state index >= 15 is 0 Å². The van der Waals surface area contributed by atoms with E-state index in [9.17, 15) is 42.7 Å². The molecule has 9 heterocycles. The molecule has 26 heteroatoms. The predicted molar refractivity (Wildman–Crippen MR) is 526 cm³/mol. The van der Waals surface area contributed by atoms with Gasteiger partial charge in [0, 0.05) is 201 Å². The van der Waals surface area contributed by atoms with Crippen molar-refractivity contribution in [3.05, 3.63) is 161 Å². The Morgan fingerprint density at radius 2 is 0.701 bits per heavy atom. The number of likely N-dealkylation sites (tertiary alicyclic amines) is 4. The molecule has 25 nitrogen and oxygen atoms in total. The molecule has 10 fully saturated rings. The summed E-state index contributed by atoms with van der Waals surface area (Å²) in [6, 6.07) is 39.6. The Balaban J connectivity index is 0.000000152. The van der Waals surface area contributed by atoms with Gasteiger partial charge in [0.1, 0.15) is 22.9 Å². The lowest BCUT2D eigenvalue weighted by molar-refractivity contribution is -0.139. The summed E-state index contributed by atoms with van der Waals surface area (Å²) in [5, 5.41) is 1.02. The highest BCUT2D eigenvalue weighted by Crippen LogP contribution is 2.31. The van der Waals surface area contributed by atoms with Crippen molar-refractivity contribution in [2.45, 2.75) is 213 Å². The van der Waals surface area contributed by atoms with Crippen LogP contribution in [0.25, 0.3) is 10.9 Å². The van der Waals surface area contributed by atoms with Crippen LogP contribution in [-0.4, -0.2) is 344 Å². The minimum atomic E-state index is -0.483. The van der Waals surface area contributed by atoms with Crippen molar-refractivity contribution >= 4 is 57.7 Å². The number of rotatable bonds is 36. The van der Waals surface area contributed by atoms with Gasteiger partial charge in [-0.2, -0.15) is 0 Å². The van der Waals surface area contributed by atoms with E-state index in [0.717, 1.165) is 181 Å². The molecule has 2 aliphatic carbocycles. The number of fused-ring (bicyclic) bond motifs is 1. The van der Waals surface area contributed by atoms with Crippen LogP contribution >= 0.6 is 0 Å². The summed E-state index contributed by atoms with van der Waals surface area (Å²) in [6.07, 6.45) is 26.1. The van der Waals surface area contributed by atoms with Crippen molar-refractivity contribution in [1.82, 2.24) is 63.8 Å². The highest BCUT2D eigenvalue weighted by Gasteiger charge is 2.34. The molecule has 134 heavy (non-hydrogen) atoms. The summed E-state index contributed by atoms with van der Waals surface area (Å²) in [5.74, 6) is 3.68. The third-order valence-corrected chi connectivity index (χ3v) is 29.5. The van der Waals surface area contributed by atoms with Crippen LogP contribution in [0, 0.1) is 24.6 Å². The van der Waals surface area contributed by atoms with E-state index in [-0.39, 0.29) is 59.1 Å². The Bertz CT molecular complexity index is 4570. The lowest BCUT2D eigenvalue weighted by Gasteiger charge is -2.36. The van der Waals surface area contributed by atoms with Crippen LogP contribution in [-0.2, 0) is 14.4 Å². The van der Waals surface area contributed by atoms with Gasteiger partial charge in [0.05, 0.1) is 58.1 Å². The first kappa shape index (κ1) is 102. The normalized spacial score (nSPS) is 21.2. The van der Waals surface area contributed by atoms with E-state index in [1.165, 1.54) is 103 Å². The Morgan fingerprint density at radius 1 is 0.351 bits per heavy atom. The van der Waals surface area contributed by atoms with Crippen LogP contribution in [0.1, 0.15) is 240 Å². The molecular formula is C108H154FN13O12. The minimum Gasteiger partial charge on any atom is -0.494 e. The van der Waals surface area contributed by atoms with Gasteiger partial charge in [-0.1, -0.05) is 69.7 Å². The number of para-hydroxylation sites is 1. The van der Waals surface area contributed by atoms with Gasteiger partial charge in [-0.3, -0.25) is 58.0 Å². The number of ether oxygens (including phenoxy) is 4. The van der Waals surface area contributed by atoms with Gasteiger partial charge in [-0.25, -0.2) is 9.37 Å². The molecule has 10 aliphatic rings. The summed E-state index contributed by atoms with van der Waals surface area (Å²) >= 11 is 0. The number of ketones is 4. The maximum atomic E-state index is 14.6. The molecule has 8 aliphatic heterocycles. The highest BCUT2D eigenvalue weighted by atomic mass is 19.1. The molecule has 5 aromatic carbocycles. The van der Waals surface area contributed by atoms with Crippen LogP contribution in [0.15, 0.2) is 121 Å². The zero-order valence-electron chi connectivity index (χ0n) is 81.5.